The van der Waals surface area contributed by atoms with E-state index in [0.717, 1.165) is 17.9 Å². The van der Waals surface area contributed by atoms with Crippen molar-refractivity contribution in [2.45, 2.75) is 26.4 Å². The van der Waals surface area contributed by atoms with Crippen LogP contribution < -0.4 is 9.47 Å². The van der Waals surface area contributed by atoms with Crippen molar-refractivity contribution >= 4 is 0 Å². The minimum absolute atomic E-state index is 0.145. The number of benzene rings is 2. The summed E-state index contributed by atoms with van der Waals surface area (Å²) < 4.78 is 11.5. The molecule has 2 nitrogen and oxygen atoms in total. The highest BCUT2D eigenvalue weighted by molar-refractivity contribution is 5.26. The third-order valence-corrected chi connectivity index (χ3v) is 2.89. The molecule has 0 bridgehead atoms. The number of rotatable bonds is 6. The molecule has 0 saturated heterocycles. The van der Waals surface area contributed by atoms with Crippen molar-refractivity contribution < 1.29 is 9.47 Å². The molecule has 0 N–H and O–H groups in total. The lowest BCUT2D eigenvalue weighted by Gasteiger charge is -2.15. The lowest BCUT2D eigenvalue weighted by Crippen LogP contribution is -2.15. The molecule has 19 heavy (non-hydrogen) atoms. The summed E-state index contributed by atoms with van der Waals surface area (Å²) >= 11 is 0. The Morgan fingerprint density at radius 3 is 2.26 bits per heavy atom. The summed E-state index contributed by atoms with van der Waals surface area (Å²) in [5.41, 5.74) is 1.24. The van der Waals surface area contributed by atoms with Gasteiger partial charge in [-0.15, -0.1) is 0 Å². The summed E-state index contributed by atoms with van der Waals surface area (Å²) in [7, 11) is 0. The molecule has 2 aromatic rings. The lowest BCUT2D eigenvalue weighted by molar-refractivity contribution is 0.177. The lowest BCUT2D eigenvalue weighted by atomic mass is 10.2. The molecule has 0 radical (unpaired) electrons. The first-order chi connectivity index (χ1) is 9.24. The van der Waals surface area contributed by atoms with Crippen LogP contribution in [-0.4, -0.2) is 12.7 Å². The van der Waals surface area contributed by atoms with Crippen molar-refractivity contribution in [3.63, 3.8) is 0 Å². The molecule has 0 aliphatic heterocycles. The molecule has 1 atom stereocenters. The number of para-hydroxylation sites is 1. The van der Waals surface area contributed by atoms with Gasteiger partial charge in [-0.2, -0.15) is 0 Å². The van der Waals surface area contributed by atoms with Crippen LogP contribution in [0.2, 0.25) is 0 Å². The minimum atomic E-state index is 0.145. The maximum Gasteiger partial charge on any atom is 0.119 e. The van der Waals surface area contributed by atoms with Crippen molar-refractivity contribution in [2.24, 2.45) is 0 Å². The first kappa shape index (κ1) is 13.5. The Morgan fingerprint density at radius 2 is 1.58 bits per heavy atom. The van der Waals surface area contributed by atoms with E-state index in [0.29, 0.717) is 6.61 Å². The van der Waals surface area contributed by atoms with Gasteiger partial charge in [-0.1, -0.05) is 35.9 Å². The van der Waals surface area contributed by atoms with Gasteiger partial charge < -0.3 is 9.47 Å². The second-order valence-electron chi connectivity index (χ2n) is 4.69. The van der Waals surface area contributed by atoms with Crippen molar-refractivity contribution in [3.8, 4) is 11.5 Å². The van der Waals surface area contributed by atoms with E-state index < -0.39 is 0 Å². The van der Waals surface area contributed by atoms with E-state index in [4.69, 9.17) is 9.47 Å². The van der Waals surface area contributed by atoms with Crippen molar-refractivity contribution in [1.29, 1.82) is 0 Å². The molecule has 2 heteroatoms. The topological polar surface area (TPSA) is 18.5 Å². The zero-order valence-corrected chi connectivity index (χ0v) is 11.5. The molecule has 0 aromatic heterocycles. The second-order valence-corrected chi connectivity index (χ2v) is 4.69. The SMILES string of the molecule is Cc1ccc(OC(C)CCOc2ccccc2)cc1. The van der Waals surface area contributed by atoms with Gasteiger partial charge in [-0.25, -0.2) is 0 Å². The quantitative estimate of drug-likeness (QED) is 0.770. The number of ether oxygens (including phenoxy) is 2. The highest BCUT2D eigenvalue weighted by atomic mass is 16.5. The summed E-state index contributed by atoms with van der Waals surface area (Å²) in [5, 5.41) is 0. The maximum absolute atomic E-state index is 5.83. The fourth-order valence-electron chi connectivity index (χ4n) is 1.77. The smallest absolute Gasteiger partial charge is 0.119 e. The zero-order chi connectivity index (χ0) is 13.5. The molecular formula is C17H20O2. The van der Waals surface area contributed by atoms with Crippen LogP contribution in [0.15, 0.2) is 54.6 Å². The third kappa shape index (κ3) is 4.66. The van der Waals surface area contributed by atoms with Crippen molar-refractivity contribution in [2.75, 3.05) is 6.61 Å². The van der Waals surface area contributed by atoms with E-state index >= 15 is 0 Å². The van der Waals surface area contributed by atoms with Gasteiger partial charge in [0, 0.05) is 6.42 Å². The Bertz CT molecular complexity index is 476. The molecule has 2 aromatic carbocycles. The first-order valence-electron chi connectivity index (χ1n) is 6.65. The standard InChI is InChI=1S/C17H20O2/c1-14-8-10-17(11-9-14)19-15(2)12-13-18-16-6-4-3-5-7-16/h3-11,15H,12-13H2,1-2H3. The summed E-state index contributed by atoms with van der Waals surface area (Å²) in [6.07, 6.45) is 1.01. The van der Waals surface area contributed by atoms with Crippen LogP contribution in [0.1, 0.15) is 18.9 Å². The predicted octanol–water partition coefficient (Wildman–Crippen LogP) is 4.23. The monoisotopic (exact) mass is 256 g/mol. The van der Waals surface area contributed by atoms with E-state index in [1.165, 1.54) is 5.56 Å². The third-order valence-electron chi connectivity index (χ3n) is 2.89. The molecule has 0 amide bonds. The van der Waals surface area contributed by atoms with Crippen LogP contribution in [0.25, 0.3) is 0 Å². The van der Waals surface area contributed by atoms with Crippen LogP contribution in [0.5, 0.6) is 11.5 Å². The Kier molecular flexibility index (Phi) is 4.85. The van der Waals surface area contributed by atoms with Crippen LogP contribution in [0.4, 0.5) is 0 Å². The average Bonchev–Trinajstić information content (AvgIpc) is 2.43. The van der Waals surface area contributed by atoms with Crippen LogP contribution in [0, 0.1) is 6.92 Å². The van der Waals surface area contributed by atoms with Crippen molar-refractivity contribution in [3.05, 3.63) is 60.2 Å². The fraction of sp³-hybridized carbons (Fsp3) is 0.294. The number of aryl methyl sites for hydroxylation is 1. The molecule has 100 valence electrons. The summed E-state index contributed by atoms with van der Waals surface area (Å²) in [4.78, 5) is 0. The molecule has 0 spiro atoms. The Hall–Kier alpha value is -1.96. The molecule has 0 fully saturated rings. The minimum Gasteiger partial charge on any atom is -0.493 e. The maximum atomic E-state index is 5.83. The van der Waals surface area contributed by atoms with E-state index in [2.05, 4.69) is 26.0 Å². The van der Waals surface area contributed by atoms with Gasteiger partial charge in [-0.05, 0) is 38.1 Å². The van der Waals surface area contributed by atoms with E-state index in [1.54, 1.807) is 0 Å². The van der Waals surface area contributed by atoms with Gasteiger partial charge in [0.1, 0.15) is 11.5 Å². The summed E-state index contributed by atoms with van der Waals surface area (Å²) in [6, 6.07) is 18.0. The summed E-state index contributed by atoms with van der Waals surface area (Å²) in [6.45, 7) is 4.80. The number of hydrogen-bond donors (Lipinski definition) is 0. The van der Waals surface area contributed by atoms with Crippen LogP contribution in [-0.2, 0) is 0 Å². The van der Waals surface area contributed by atoms with Gasteiger partial charge in [0.2, 0.25) is 0 Å². The van der Waals surface area contributed by atoms with Gasteiger partial charge in [-0.3, -0.25) is 0 Å². The Morgan fingerprint density at radius 1 is 0.895 bits per heavy atom. The molecule has 1 unspecified atom stereocenters. The van der Waals surface area contributed by atoms with E-state index in [1.807, 2.05) is 42.5 Å². The molecular weight excluding hydrogens is 236 g/mol. The first-order valence-corrected chi connectivity index (χ1v) is 6.65. The largest absolute Gasteiger partial charge is 0.493 e. The Labute approximate surface area is 115 Å². The highest BCUT2D eigenvalue weighted by Crippen LogP contribution is 2.15. The Balaban J connectivity index is 1.73. The van der Waals surface area contributed by atoms with Crippen LogP contribution in [0.3, 0.4) is 0 Å². The molecule has 0 aliphatic rings. The zero-order valence-electron chi connectivity index (χ0n) is 11.5. The van der Waals surface area contributed by atoms with Crippen LogP contribution >= 0.6 is 0 Å². The predicted molar refractivity (Wildman–Crippen MR) is 77.8 cm³/mol. The normalized spacial score (nSPS) is 11.9. The highest BCUT2D eigenvalue weighted by Gasteiger charge is 2.04. The molecule has 0 saturated carbocycles. The van der Waals surface area contributed by atoms with Gasteiger partial charge in [0.05, 0.1) is 12.7 Å². The molecule has 2 rings (SSSR count). The van der Waals surface area contributed by atoms with Crippen molar-refractivity contribution in [1.82, 2.24) is 0 Å². The van der Waals surface area contributed by atoms with E-state index in [9.17, 15) is 0 Å². The van der Waals surface area contributed by atoms with E-state index in [-0.39, 0.29) is 6.10 Å². The molecule has 0 aliphatic carbocycles. The second kappa shape index (κ2) is 6.83. The van der Waals surface area contributed by atoms with Gasteiger partial charge in [0.15, 0.2) is 0 Å². The fourth-order valence-corrected chi connectivity index (χ4v) is 1.77. The summed E-state index contributed by atoms with van der Waals surface area (Å²) in [5.74, 6) is 1.82. The number of hydrogen-bond acceptors (Lipinski definition) is 2. The van der Waals surface area contributed by atoms with Gasteiger partial charge >= 0.3 is 0 Å². The molecule has 0 heterocycles. The average molecular weight is 256 g/mol. The van der Waals surface area contributed by atoms with Gasteiger partial charge in [0.25, 0.3) is 0 Å².